The molecule has 17 heavy (non-hydrogen) atoms. The summed E-state index contributed by atoms with van der Waals surface area (Å²) in [6.07, 6.45) is -1.96. The van der Waals surface area contributed by atoms with Gasteiger partial charge in [0.15, 0.2) is 0 Å². The predicted molar refractivity (Wildman–Crippen MR) is 61.3 cm³/mol. The van der Waals surface area contributed by atoms with Crippen molar-refractivity contribution in [1.82, 2.24) is 0 Å². The van der Waals surface area contributed by atoms with Crippen LogP contribution in [0.5, 0.6) is 0 Å². The van der Waals surface area contributed by atoms with Crippen molar-refractivity contribution in [3.63, 3.8) is 0 Å². The summed E-state index contributed by atoms with van der Waals surface area (Å²) in [7, 11) is 0. The van der Waals surface area contributed by atoms with E-state index in [4.69, 9.17) is 0 Å². The van der Waals surface area contributed by atoms with Gasteiger partial charge < -0.3 is 4.74 Å². The minimum Gasteiger partial charge on any atom is -0.375 e. The minimum atomic E-state index is -2.47. The highest BCUT2D eigenvalue weighted by atomic mass is 19.3. The van der Waals surface area contributed by atoms with Crippen molar-refractivity contribution in [2.24, 2.45) is 0 Å². The zero-order valence-corrected chi connectivity index (χ0v) is 9.79. The molecule has 1 rings (SSSR count). The number of aryl methyl sites for hydroxylation is 1. The summed E-state index contributed by atoms with van der Waals surface area (Å²) in [4.78, 5) is 11.5. The SMILES string of the molecule is Cc1cccc(CC(=O)CCOCC(F)F)c1. The van der Waals surface area contributed by atoms with Crippen molar-refractivity contribution in [3.8, 4) is 0 Å². The summed E-state index contributed by atoms with van der Waals surface area (Å²) in [5, 5.41) is 0. The largest absolute Gasteiger partial charge is 0.375 e. The van der Waals surface area contributed by atoms with Gasteiger partial charge in [0, 0.05) is 12.8 Å². The molecule has 4 heteroatoms. The maximum absolute atomic E-state index is 11.7. The van der Waals surface area contributed by atoms with Crippen LogP contribution in [-0.4, -0.2) is 25.4 Å². The zero-order chi connectivity index (χ0) is 12.7. The Kier molecular flexibility index (Phi) is 5.77. The first-order valence-electron chi connectivity index (χ1n) is 5.51. The summed E-state index contributed by atoms with van der Waals surface area (Å²) in [5.41, 5.74) is 2.05. The van der Waals surface area contributed by atoms with Gasteiger partial charge in [-0.05, 0) is 12.5 Å². The molecule has 0 aliphatic carbocycles. The highest BCUT2D eigenvalue weighted by Gasteiger charge is 2.06. The Labute approximate surface area is 99.6 Å². The normalized spacial score (nSPS) is 10.8. The molecule has 0 fully saturated rings. The first kappa shape index (κ1) is 13.8. The Balaban J connectivity index is 2.25. The Hall–Kier alpha value is -1.29. The monoisotopic (exact) mass is 242 g/mol. The molecular formula is C13H16F2O2. The number of rotatable bonds is 7. The van der Waals surface area contributed by atoms with Crippen LogP contribution in [-0.2, 0) is 16.0 Å². The molecule has 0 saturated carbocycles. The van der Waals surface area contributed by atoms with Gasteiger partial charge in [-0.3, -0.25) is 4.79 Å². The predicted octanol–water partition coefficient (Wildman–Crippen LogP) is 2.78. The number of hydrogen-bond donors (Lipinski definition) is 0. The molecule has 1 aromatic carbocycles. The average molecular weight is 242 g/mol. The smallest absolute Gasteiger partial charge is 0.261 e. The molecule has 0 unspecified atom stereocenters. The second-order valence-corrected chi connectivity index (χ2v) is 3.92. The summed E-state index contributed by atoms with van der Waals surface area (Å²) in [6.45, 7) is 1.42. The molecule has 0 saturated heterocycles. The molecule has 0 bridgehead atoms. The van der Waals surface area contributed by atoms with Crippen LogP contribution in [0.1, 0.15) is 17.5 Å². The summed E-state index contributed by atoms with van der Waals surface area (Å²) in [6, 6.07) is 7.67. The quantitative estimate of drug-likeness (QED) is 0.687. The van der Waals surface area contributed by atoms with E-state index in [1.807, 2.05) is 31.2 Å². The number of carbonyl (C=O) groups is 1. The maximum atomic E-state index is 11.7. The number of alkyl halides is 2. The molecule has 2 nitrogen and oxygen atoms in total. The van der Waals surface area contributed by atoms with Crippen molar-refractivity contribution >= 4 is 5.78 Å². The molecule has 0 aliphatic heterocycles. The third kappa shape index (κ3) is 6.12. The van der Waals surface area contributed by atoms with Gasteiger partial charge in [-0.1, -0.05) is 29.8 Å². The fraction of sp³-hybridized carbons (Fsp3) is 0.462. The van der Waals surface area contributed by atoms with Crippen LogP contribution in [0.25, 0.3) is 0 Å². The van der Waals surface area contributed by atoms with Crippen LogP contribution >= 0.6 is 0 Å². The third-order valence-corrected chi connectivity index (χ3v) is 2.25. The number of hydrogen-bond acceptors (Lipinski definition) is 2. The topological polar surface area (TPSA) is 26.3 Å². The van der Waals surface area contributed by atoms with Gasteiger partial charge in [0.05, 0.1) is 6.61 Å². The van der Waals surface area contributed by atoms with Gasteiger partial charge in [0.25, 0.3) is 6.43 Å². The van der Waals surface area contributed by atoms with E-state index >= 15 is 0 Å². The number of ketones is 1. The van der Waals surface area contributed by atoms with Crippen molar-refractivity contribution in [2.75, 3.05) is 13.2 Å². The van der Waals surface area contributed by atoms with Gasteiger partial charge in [-0.15, -0.1) is 0 Å². The first-order valence-corrected chi connectivity index (χ1v) is 5.51. The molecule has 0 heterocycles. The van der Waals surface area contributed by atoms with Crippen LogP contribution in [0.2, 0.25) is 0 Å². The number of Topliss-reactive ketones (excluding diaryl/α,β-unsaturated/α-hetero) is 1. The molecule has 0 amide bonds. The zero-order valence-electron chi connectivity index (χ0n) is 9.79. The van der Waals surface area contributed by atoms with Gasteiger partial charge in [-0.25, -0.2) is 8.78 Å². The van der Waals surface area contributed by atoms with Crippen LogP contribution in [0.4, 0.5) is 8.78 Å². The van der Waals surface area contributed by atoms with Crippen LogP contribution in [0.15, 0.2) is 24.3 Å². The minimum absolute atomic E-state index is 0.00451. The molecule has 0 atom stereocenters. The fourth-order valence-electron chi connectivity index (χ4n) is 1.50. The van der Waals surface area contributed by atoms with E-state index in [2.05, 4.69) is 4.74 Å². The van der Waals surface area contributed by atoms with E-state index in [-0.39, 0.29) is 18.8 Å². The van der Waals surface area contributed by atoms with Crippen molar-refractivity contribution in [1.29, 1.82) is 0 Å². The van der Waals surface area contributed by atoms with Crippen LogP contribution in [0, 0.1) is 6.92 Å². The van der Waals surface area contributed by atoms with Gasteiger partial charge in [0.1, 0.15) is 12.4 Å². The lowest BCUT2D eigenvalue weighted by Gasteiger charge is -2.04. The van der Waals surface area contributed by atoms with Gasteiger partial charge >= 0.3 is 0 Å². The highest BCUT2D eigenvalue weighted by Crippen LogP contribution is 2.06. The molecule has 0 radical (unpaired) electrons. The summed E-state index contributed by atoms with van der Waals surface area (Å²) in [5.74, 6) is 0.00451. The second-order valence-electron chi connectivity index (χ2n) is 3.92. The van der Waals surface area contributed by atoms with Gasteiger partial charge in [-0.2, -0.15) is 0 Å². The van der Waals surface area contributed by atoms with E-state index in [9.17, 15) is 13.6 Å². The number of ether oxygens (including phenoxy) is 1. The van der Waals surface area contributed by atoms with E-state index in [0.717, 1.165) is 11.1 Å². The van der Waals surface area contributed by atoms with E-state index < -0.39 is 13.0 Å². The van der Waals surface area contributed by atoms with Crippen molar-refractivity contribution in [2.45, 2.75) is 26.2 Å². The Morgan fingerprint density at radius 3 is 2.82 bits per heavy atom. The summed E-state index contributed by atoms with van der Waals surface area (Å²) >= 11 is 0. The lowest BCUT2D eigenvalue weighted by Crippen LogP contribution is -2.10. The van der Waals surface area contributed by atoms with Crippen LogP contribution in [0.3, 0.4) is 0 Å². The molecular weight excluding hydrogens is 226 g/mol. The first-order chi connectivity index (χ1) is 8.08. The Morgan fingerprint density at radius 1 is 1.41 bits per heavy atom. The molecule has 0 aliphatic rings. The van der Waals surface area contributed by atoms with E-state index in [1.54, 1.807) is 0 Å². The highest BCUT2D eigenvalue weighted by molar-refractivity contribution is 5.80. The Morgan fingerprint density at radius 2 is 2.18 bits per heavy atom. The van der Waals surface area contributed by atoms with Crippen LogP contribution < -0.4 is 0 Å². The fourth-order valence-corrected chi connectivity index (χ4v) is 1.50. The van der Waals surface area contributed by atoms with E-state index in [0.29, 0.717) is 6.42 Å². The molecule has 94 valence electrons. The van der Waals surface area contributed by atoms with E-state index in [1.165, 1.54) is 0 Å². The average Bonchev–Trinajstić information content (AvgIpc) is 2.24. The standard InChI is InChI=1S/C13H16F2O2/c1-10-3-2-4-11(7-10)8-12(16)5-6-17-9-13(14)15/h2-4,7,13H,5-6,8-9H2,1H3. The molecule has 0 N–H and O–H groups in total. The number of halogens is 2. The summed E-state index contributed by atoms with van der Waals surface area (Å²) < 4.78 is 28.1. The lowest BCUT2D eigenvalue weighted by atomic mass is 10.1. The van der Waals surface area contributed by atoms with Gasteiger partial charge in [0.2, 0.25) is 0 Å². The van der Waals surface area contributed by atoms with Crippen molar-refractivity contribution in [3.05, 3.63) is 35.4 Å². The Bertz CT molecular complexity index is 364. The molecule has 0 spiro atoms. The third-order valence-electron chi connectivity index (χ3n) is 2.25. The maximum Gasteiger partial charge on any atom is 0.261 e. The number of carbonyl (C=O) groups excluding carboxylic acids is 1. The lowest BCUT2D eigenvalue weighted by molar-refractivity contribution is -0.119. The molecule has 1 aromatic rings. The second kappa shape index (κ2) is 7.12. The molecule has 0 aromatic heterocycles. The number of benzene rings is 1. The van der Waals surface area contributed by atoms with Crippen molar-refractivity contribution < 1.29 is 18.3 Å².